The Morgan fingerprint density at radius 3 is 2.53 bits per heavy atom. The molecule has 0 saturated heterocycles. The van der Waals surface area contributed by atoms with Crippen molar-refractivity contribution >= 4 is 15.9 Å². The monoisotopic (exact) mass is 276 g/mol. The minimum Gasteiger partial charge on any atom is -0.388 e. The number of halogens is 3. The molecule has 1 saturated carbocycles. The summed E-state index contributed by atoms with van der Waals surface area (Å²) in [5.74, 6) is -1.38. The van der Waals surface area contributed by atoms with Crippen molar-refractivity contribution in [3.05, 3.63) is 33.8 Å². The molecule has 2 rings (SSSR count). The highest BCUT2D eigenvalue weighted by molar-refractivity contribution is 9.10. The Morgan fingerprint density at radius 1 is 1.40 bits per heavy atom. The van der Waals surface area contributed by atoms with Crippen molar-refractivity contribution in [1.82, 2.24) is 0 Å². The SMILES string of the molecule is CC1(C(O)c2c(F)ccc(Br)c2F)CC1. The lowest BCUT2D eigenvalue weighted by molar-refractivity contribution is 0.0955. The Bertz CT molecular complexity index is 402. The highest BCUT2D eigenvalue weighted by atomic mass is 79.9. The van der Waals surface area contributed by atoms with Crippen LogP contribution in [-0.2, 0) is 0 Å². The van der Waals surface area contributed by atoms with E-state index in [0.29, 0.717) is 0 Å². The van der Waals surface area contributed by atoms with Crippen molar-refractivity contribution in [3.8, 4) is 0 Å². The molecule has 1 aromatic carbocycles. The smallest absolute Gasteiger partial charge is 0.146 e. The quantitative estimate of drug-likeness (QED) is 0.819. The van der Waals surface area contributed by atoms with Crippen molar-refractivity contribution in [2.45, 2.75) is 25.9 Å². The van der Waals surface area contributed by atoms with Crippen molar-refractivity contribution < 1.29 is 13.9 Å². The number of aliphatic hydroxyl groups is 1. The van der Waals surface area contributed by atoms with Crippen LogP contribution in [-0.4, -0.2) is 5.11 Å². The van der Waals surface area contributed by atoms with E-state index >= 15 is 0 Å². The van der Waals surface area contributed by atoms with E-state index in [9.17, 15) is 13.9 Å². The number of benzene rings is 1. The largest absolute Gasteiger partial charge is 0.388 e. The average molecular weight is 277 g/mol. The lowest BCUT2D eigenvalue weighted by Crippen LogP contribution is -2.13. The summed E-state index contributed by atoms with van der Waals surface area (Å²) in [5.41, 5.74) is -0.577. The molecule has 0 amide bonds. The first kappa shape index (κ1) is 11.0. The van der Waals surface area contributed by atoms with Crippen LogP contribution < -0.4 is 0 Å². The molecule has 0 aliphatic heterocycles. The van der Waals surface area contributed by atoms with Gasteiger partial charge in [-0.2, -0.15) is 0 Å². The molecule has 15 heavy (non-hydrogen) atoms. The van der Waals surface area contributed by atoms with Gasteiger partial charge in [-0.25, -0.2) is 8.78 Å². The van der Waals surface area contributed by atoms with E-state index in [4.69, 9.17) is 0 Å². The summed E-state index contributed by atoms with van der Waals surface area (Å²) in [6.45, 7) is 1.83. The van der Waals surface area contributed by atoms with Gasteiger partial charge in [0.05, 0.1) is 16.1 Å². The van der Waals surface area contributed by atoms with Crippen LogP contribution in [0.2, 0.25) is 0 Å². The Hall–Kier alpha value is -0.480. The van der Waals surface area contributed by atoms with Gasteiger partial charge < -0.3 is 5.11 Å². The number of rotatable bonds is 2. The van der Waals surface area contributed by atoms with E-state index < -0.39 is 17.7 Å². The topological polar surface area (TPSA) is 20.2 Å². The normalized spacial score (nSPS) is 20.1. The standard InChI is InChI=1S/C11H11BrF2O/c1-11(4-5-11)10(15)8-7(13)3-2-6(12)9(8)14/h2-3,10,15H,4-5H2,1H3. The molecule has 0 heterocycles. The molecule has 1 N–H and O–H groups in total. The second-order valence-corrected chi connectivity index (χ2v) is 5.17. The van der Waals surface area contributed by atoms with Crippen molar-refractivity contribution in [2.24, 2.45) is 5.41 Å². The fraction of sp³-hybridized carbons (Fsp3) is 0.455. The number of aliphatic hydroxyl groups excluding tert-OH is 1. The highest BCUT2D eigenvalue weighted by Gasteiger charge is 2.46. The summed E-state index contributed by atoms with van der Waals surface area (Å²) in [5, 5.41) is 9.90. The molecule has 0 bridgehead atoms. The molecule has 1 unspecified atom stereocenters. The van der Waals surface area contributed by atoms with Crippen molar-refractivity contribution in [1.29, 1.82) is 0 Å². The van der Waals surface area contributed by atoms with E-state index in [0.717, 1.165) is 18.9 Å². The maximum Gasteiger partial charge on any atom is 0.146 e. The van der Waals surface area contributed by atoms with Gasteiger partial charge in [0, 0.05) is 0 Å². The first-order valence-corrected chi connectivity index (χ1v) is 5.56. The second kappa shape index (κ2) is 3.52. The lowest BCUT2D eigenvalue weighted by Gasteiger charge is -2.19. The molecule has 0 spiro atoms. The van der Waals surface area contributed by atoms with E-state index in [-0.39, 0.29) is 15.5 Å². The zero-order valence-corrected chi connectivity index (χ0v) is 9.81. The van der Waals surface area contributed by atoms with Crippen LogP contribution in [0.15, 0.2) is 16.6 Å². The fourth-order valence-corrected chi connectivity index (χ4v) is 1.96. The van der Waals surface area contributed by atoms with Gasteiger partial charge in [0.15, 0.2) is 0 Å². The molecular weight excluding hydrogens is 266 g/mol. The van der Waals surface area contributed by atoms with Gasteiger partial charge in [-0.3, -0.25) is 0 Å². The van der Waals surface area contributed by atoms with Gasteiger partial charge in [0.25, 0.3) is 0 Å². The van der Waals surface area contributed by atoms with Crippen LogP contribution in [0, 0.1) is 17.0 Å². The van der Waals surface area contributed by atoms with Gasteiger partial charge in [-0.1, -0.05) is 6.92 Å². The van der Waals surface area contributed by atoms with E-state index in [1.54, 1.807) is 0 Å². The molecule has 1 aliphatic rings. The fourth-order valence-electron chi connectivity index (χ4n) is 1.61. The zero-order chi connectivity index (χ0) is 11.2. The molecule has 0 radical (unpaired) electrons. The third-order valence-corrected chi connectivity index (χ3v) is 3.66. The van der Waals surface area contributed by atoms with Crippen molar-refractivity contribution in [2.75, 3.05) is 0 Å². The van der Waals surface area contributed by atoms with Gasteiger partial charge in [0.2, 0.25) is 0 Å². The van der Waals surface area contributed by atoms with Crippen LogP contribution in [0.25, 0.3) is 0 Å². The van der Waals surface area contributed by atoms with Crippen molar-refractivity contribution in [3.63, 3.8) is 0 Å². The third kappa shape index (κ3) is 1.81. The molecule has 1 atom stereocenters. The minimum atomic E-state index is -1.06. The molecule has 1 fully saturated rings. The first-order chi connectivity index (χ1) is 6.96. The molecular formula is C11H11BrF2O. The van der Waals surface area contributed by atoms with Gasteiger partial charge in [0.1, 0.15) is 11.6 Å². The summed E-state index contributed by atoms with van der Waals surface area (Å²) >= 11 is 2.98. The molecule has 1 aromatic rings. The van der Waals surface area contributed by atoms with Crippen LogP contribution in [0.4, 0.5) is 8.78 Å². The number of hydrogen-bond acceptors (Lipinski definition) is 1. The summed E-state index contributed by atoms with van der Waals surface area (Å²) in [6, 6.07) is 2.47. The summed E-state index contributed by atoms with van der Waals surface area (Å²) in [4.78, 5) is 0. The second-order valence-electron chi connectivity index (χ2n) is 4.31. The predicted octanol–water partition coefficient (Wildman–Crippen LogP) is 3.56. The van der Waals surface area contributed by atoms with Crippen LogP contribution in [0.3, 0.4) is 0 Å². The third-order valence-electron chi connectivity index (χ3n) is 3.05. The van der Waals surface area contributed by atoms with Crippen LogP contribution in [0.5, 0.6) is 0 Å². The van der Waals surface area contributed by atoms with Gasteiger partial charge in [-0.15, -0.1) is 0 Å². The van der Waals surface area contributed by atoms with Gasteiger partial charge >= 0.3 is 0 Å². The Balaban J connectivity index is 2.47. The Labute approximate surface area is 95.2 Å². The summed E-state index contributed by atoms with van der Waals surface area (Å²) in [7, 11) is 0. The van der Waals surface area contributed by atoms with Crippen LogP contribution >= 0.6 is 15.9 Å². The van der Waals surface area contributed by atoms with E-state index in [2.05, 4.69) is 15.9 Å². The van der Waals surface area contributed by atoms with Gasteiger partial charge in [-0.05, 0) is 46.3 Å². The average Bonchev–Trinajstić information content (AvgIpc) is 2.92. The summed E-state index contributed by atoms with van der Waals surface area (Å²) in [6.07, 6.45) is 0.550. The number of hydrogen-bond donors (Lipinski definition) is 1. The molecule has 1 nitrogen and oxygen atoms in total. The Morgan fingerprint density at radius 2 is 2.00 bits per heavy atom. The molecule has 0 aromatic heterocycles. The van der Waals surface area contributed by atoms with Crippen LogP contribution in [0.1, 0.15) is 31.4 Å². The maximum absolute atomic E-state index is 13.6. The Kier molecular flexibility index (Phi) is 2.59. The summed E-state index contributed by atoms with van der Waals surface area (Å²) < 4.78 is 27.2. The minimum absolute atomic E-state index is 0.183. The van der Waals surface area contributed by atoms with E-state index in [1.807, 2.05) is 6.92 Å². The molecule has 82 valence electrons. The first-order valence-electron chi connectivity index (χ1n) is 4.77. The highest BCUT2D eigenvalue weighted by Crippen LogP contribution is 2.55. The predicted molar refractivity (Wildman–Crippen MR) is 56.4 cm³/mol. The lowest BCUT2D eigenvalue weighted by atomic mass is 9.94. The van der Waals surface area contributed by atoms with E-state index in [1.165, 1.54) is 6.07 Å². The molecule has 4 heteroatoms. The zero-order valence-electron chi connectivity index (χ0n) is 8.23. The molecule has 1 aliphatic carbocycles. The maximum atomic E-state index is 13.6.